The maximum absolute atomic E-state index is 12.2. The fourth-order valence-electron chi connectivity index (χ4n) is 3.77. The summed E-state index contributed by atoms with van der Waals surface area (Å²) in [6.45, 7) is 1.40. The van der Waals surface area contributed by atoms with Gasteiger partial charge in [0.2, 0.25) is 5.91 Å². The molecule has 3 fully saturated rings. The Bertz CT molecular complexity index is 321. The topological polar surface area (TPSA) is 47.6 Å². The van der Waals surface area contributed by atoms with Gasteiger partial charge in [-0.25, -0.2) is 0 Å². The molecule has 0 aromatic carbocycles. The Hall–Kier alpha value is -0.610. The van der Waals surface area contributed by atoms with Crippen molar-refractivity contribution in [1.82, 2.24) is 5.32 Å². The molecule has 2 saturated carbocycles. The fourth-order valence-corrected chi connectivity index (χ4v) is 3.77. The Morgan fingerprint density at radius 2 is 2.22 bits per heavy atom. The summed E-state index contributed by atoms with van der Waals surface area (Å²) < 4.78 is 10.9. The van der Waals surface area contributed by atoms with Gasteiger partial charge in [0, 0.05) is 25.2 Å². The van der Waals surface area contributed by atoms with E-state index in [1.54, 1.807) is 7.11 Å². The number of methoxy groups -OCH3 is 1. The van der Waals surface area contributed by atoms with Gasteiger partial charge in [-0.2, -0.15) is 0 Å². The molecular formula is C14H23NO3. The molecule has 0 radical (unpaired) electrons. The zero-order valence-corrected chi connectivity index (χ0v) is 11.1. The van der Waals surface area contributed by atoms with Crippen LogP contribution in [0.4, 0.5) is 0 Å². The van der Waals surface area contributed by atoms with Crippen molar-refractivity contribution in [2.24, 2.45) is 11.3 Å². The van der Waals surface area contributed by atoms with Crippen molar-refractivity contribution in [3.63, 3.8) is 0 Å². The summed E-state index contributed by atoms with van der Waals surface area (Å²) in [7, 11) is 1.79. The van der Waals surface area contributed by atoms with Gasteiger partial charge < -0.3 is 14.8 Å². The van der Waals surface area contributed by atoms with E-state index in [0.717, 1.165) is 25.9 Å². The summed E-state index contributed by atoms with van der Waals surface area (Å²) in [6, 6.07) is 0.339. The van der Waals surface area contributed by atoms with E-state index in [-0.39, 0.29) is 17.2 Å². The molecule has 18 heavy (non-hydrogen) atoms. The van der Waals surface area contributed by atoms with Gasteiger partial charge in [0.15, 0.2) is 0 Å². The summed E-state index contributed by atoms with van der Waals surface area (Å²) in [4.78, 5) is 12.2. The molecule has 1 saturated heterocycles. The first kappa shape index (κ1) is 12.4. The molecule has 4 nitrogen and oxygen atoms in total. The van der Waals surface area contributed by atoms with E-state index in [2.05, 4.69) is 5.32 Å². The highest BCUT2D eigenvalue weighted by Gasteiger charge is 2.59. The van der Waals surface area contributed by atoms with Crippen LogP contribution in [0.25, 0.3) is 0 Å². The van der Waals surface area contributed by atoms with E-state index in [1.807, 2.05) is 0 Å². The number of ether oxygens (including phenoxy) is 2. The number of rotatable bonds is 3. The smallest absolute Gasteiger partial charge is 0.225 e. The van der Waals surface area contributed by atoms with Crippen LogP contribution in [-0.2, 0) is 14.3 Å². The molecule has 1 N–H and O–H groups in total. The largest absolute Gasteiger partial charge is 0.381 e. The molecule has 0 unspecified atom stereocenters. The molecular weight excluding hydrogens is 230 g/mol. The third-order valence-electron chi connectivity index (χ3n) is 5.20. The molecule has 102 valence electrons. The van der Waals surface area contributed by atoms with E-state index in [1.165, 1.54) is 19.3 Å². The Kier molecular flexibility index (Phi) is 3.32. The summed E-state index contributed by atoms with van der Waals surface area (Å²) >= 11 is 0. The fraction of sp³-hybridized carbons (Fsp3) is 0.929. The average Bonchev–Trinajstić information content (AvgIpc) is 2.32. The minimum absolute atomic E-state index is 0.0671. The van der Waals surface area contributed by atoms with Crippen molar-refractivity contribution >= 4 is 5.91 Å². The van der Waals surface area contributed by atoms with Crippen LogP contribution in [-0.4, -0.2) is 38.4 Å². The molecule has 3 rings (SSSR count). The Morgan fingerprint density at radius 1 is 1.39 bits per heavy atom. The number of hydrogen-bond acceptors (Lipinski definition) is 3. The molecule has 2 aliphatic carbocycles. The average molecular weight is 253 g/mol. The number of carbonyl (C=O) groups excluding carboxylic acids is 1. The van der Waals surface area contributed by atoms with Gasteiger partial charge in [0.25, 0.3) is 0 Å². The Labute approximate surface area is 108 Å². The van der Waals surface area contributed by atoms with Gasteiger partial charge in [-0.1, -0.05) is 6.42 Å². The summed E-state index contributed by atoms with van der Waals surface area (Å²) in [5, 5.41) is 3.24. The lowest BCUT2D eigenvalue weighted by molar-refractivity contribution is -0.168. The van der Waals surface area contributed by atoms with E-state index < -0.39 is 0 Å². The first-order valence-corrected chi connectivity index (χ1v) is 7.17. The van der Waals surface area contributed by atoms with Gasteiger partial charge >= 0.3 is 0 Å². The number of amides is 1. The van der Waals surface area contributed by atoms with E-state index in [0.29, 0.717) is 18.8 Å². The van der Waals surface area contributed by atoms with Crippen molar-refractivity contribution in [2.45, 2.75) is 50.7 Å². The normalized spacial score (nSPS) is 37.7. The first-order chi connectivity index (χ1) is 8.76. The van der Waals surface area contributed by atoms with Crippen LogP contribution in [0.15, 0.2) is 0 Å². The third-order valence-corrected chi connectivity index (χ3v) is 5.20. The molecule has 4 heteroatoms. The predicted molar refractivity (Wildman–Crippen MR) is 67.2 cm³/mol. The first-order valence-electron chi connectivity index (χ1n) is 7.17. The molecule has 1 spiro atoms. The van der Waals surface area contributed by atoms with Crippen LogP contribution < -0.4 is 5.32 Å². The predicted octanol–water partition coefficient (Wildman–Crippen LogP) is 1.49. The van der Waals surface area contributed by atoms with Crippen molar-refractivity contribution in [1.29, 1.82) is 0 Å². The zero-order valence-electron chi connectivity index (χ0n) is 11.1. The quantitative estimate of drug-likeness (QED) is 0.829. The van der Waals surface area contributed by atoms with Gasteiger partial charge in [-0.15, -0.1) is 0 Å². The number of hydrogen-bond donors (Lipinski definition) is 1. The summed E-state index contributed by atoms with van der Waals surface area (Å²) in [6.07, 6.45) is 7.01. The molecule has 0 aromatic rings. The highest BCUT2D eigenvalue weighted by atomic mass is 16.5. The van der Waals surface area contributed by atoms with Crippen LogP contribution in [0.1, 0.15) is 38.5 Å². The minimum atomic E-state index is 0.0671. The van der Waals surface area contributed by atoms with Crippen LogP contribution in [0.3, 0.4) is 0 Å². The standard InChI is InChI=1S/C14H23NO3/c1-17-12-8-11(14(12)5-3-6-14)15-13(16)10-4-2-7-18-9-10/h10-12H,2-9H2,1H3,(H,15,16)/t10-,11-,12-/m1/s1. The summed E-state index contributed by atoms with van der Waals surface area (Å²) in [5.41, 5.74) is 0.264. The molecule has 0 bridgehead atoms. The highest BCUT2D eigenvalue weighted by Crippen LogP contribution is 2.57. The molecule has 3 atom stereocenters. The molecule has 1 heterocycles. The van der Waals surface area contributed by atoms with Gasteiger partial charge in [0.1, 0.15) is 0 Å². The molecule has 3 aliphatic rings. The van der Waals surface area contributed by atoms with Gasteiger partial charge in [-0.05, 0) is 32.1 Å². The van der Waals surface area contributed by atoms with E-state index in [9.17, 15) is 4.79 Å². The molecule has 1 aliphatic heterocycles. The van der Waals surface area contributed by atoms with Gasteiger partial charge in [-0.3, -0.25) is 4.79 Å². The number of nitrogens with one attached hydrogen (secondary N) is 1. The number of carbonyl (C=O) groups is 1. The van der Waals surface area contributed by atoms with Crippen LogP contribution in [0.2, 0.25) is 0 Å². The van der Waals surface area contributed by atoms with Gasteiger partial charge in [0.05, 0.1) is 18.6 Å². The summed E-state index contributed by atoms with van der Waals surface area (Å²) in [5.74, 6) is 0.262. The molecule has 1 amide bonds. The second-order valence-electron chi connectivity index (χ2n) is 6.02. The molecule has 0 aromatic heterocycles. The second kappa shape index (κ2) is 4.82. The lowest BCUT2D eigenvalue weighted by atomic mass is 9.51. The van der Waals surface area contributed by atoms with Crippen LogP contribution >= 0.6 is 0 Å². The SMILES string of the molecule is CO[C@@H]1C[C@@H](NC(=O)[C@@H]2CCCOC2)C12CCC2. The van der Waals surface area contributed by atoms with E-state index in [4.69, 9.17) is 9.47 Å². The van der Waals surface area contributed by atoms with Crippen LogP contribution in [0, 0.1) is 11.3 Å². The maximum Gasteiger partial charge on any atom is 0.225 e. The van der Waals surface area contributed by atoms with E-state index >= 15 is 0 Å². The van der Waals surface area contributed by atoms with Crippen molar-refractivity contribution in [3.8, 4) is 0 Å². The van der Waals surface area contributed by atoms with Crippen molar-refractivity contribution in [2.75, 3.05) is 20.3 Å². The third kappa shape index (κ3) is 1.86. The van der Waals surface area contributed by atoms with Crippen LogP contribution in [0.5, 0.6) is 0 Å². The monoisotopic (exact) mass is 253 g/mol. The van der Waals surface area contributed by atoms with Crippen molar-refractivity contribution < 1.29 is 14.3 Å². The zero-order chi connectivity index (χ0) is 12.6. The lowest BCUT2D eigenvalue weighted by Gasteiger charge is -2.60. The van der Waals surface area contributed by atoms with Crippen molar-refractivity contribution in [3.05, 3.63) is 0 Å². The maximum atomic E-state index is 12.2. The highest BCUT2D eigenvalue weighted by molar-refractivity contribution is 5.79. The lowest BCUT2D eigenvalue weighted by Crippen LogP contribution is -2.68. The minimum Gasteiger partial charge on any atom is -0.381 e. The Morgan fingerprint density at radius 3 is 2.78 bits per heavy atom. The second-order valence-corrected chi connectivity index (χ2v) is 6.02. The Balaban J connectivity index is 1.55.